The topological polar surface area (TPSA) is 57.6 Å². The van der Waals surface area contributed by atoms with E-state index in [1.807, 2.05) is 6.92 Å². The maximum absolute atomic E-state index is 12.6. The van der Waals surface area contributed by atoms with E-state index in [1.165, 1.54) is 17.0 Å². The number of carbonyl (C=O) groups excluding carboxylic acids is 1. The third kappa shape index (κ3) is 6.22. The first-order valence-corrected chi connectivity index (χ1v) is 7.78. The first-order chi connectivity index (χ1) is 11.1. The number of hydrogen-bond acceptors (Lipinski definition) is 2. The summed E-state index contributed by atoms with van der Waals surface area (Å²) in [6, 6.07) is 4.82. The second kappa shape index (κ2) is 8.70. The molecule has 0 radical (unpaired) electrons. The van der Waals surface area contributed by atoms with Gasteiger partial charge in [-0.3, -0.25) is 9.59 Å². The quantitative estimate of drug-likeness (QED) is 0.783. The van der Waals surface area contributed by atoms with Crippen molar-refractivity contribution in [2.24, 2.45) is 5.92 Å². The summed E-state index contributed by atoms with van der Waals surface area (Å²) in [5, 5.41) is 8.61. The van der Waals surface area contributed by atoms with Crippen LogP contribution in [-0.2, 0) is 22.2 Å². The minimum atomic E-state index is -4.37. The molecular weight excluding hydrogens is 323 g/mol. The molecule has 0 heterocycles. The van der Waals surface area contributed by atoms with Crippen LogP contribution in [0.3, 0.4) is 0 Å². The van der Waals surface area contributed by atoms with E-state index < -0.39 is 17.7 Å². The van der Waals surface area contributed by atoms with Crippen molar-refractivity contribution in [2.75, 3.05) is 13.6 Å². The largest absolute Gasteiger partial charge is 0.481 e. The van der Waals surface area contributed by atoms with Gasteiger partial charge in [-0.25, -0.2) is 0 Å². The lowest BCUT2D eigenvalue weighted by Gasteiger charge is -2.23. The lowest BCUT2D eigenvalue weighted by Crippen LogP contribution is -2.34. The molecular formula is C17H22F3NO3. The van der Waals surface area contributed by atoms with E-state index in [2.05, 4.69) is 0 Å². The fraction of sp³-hybridized carbons (Fsp3) is 0.529. The highest BCUT2D eigenvalue weighted by molar-refractivity contribution is 5.79. The molecule has 134 valence electrons. The van der Waals surface area contributed by atoms with Crippen molar-refractivity contribution in [2.45, 2.75) is 38.8 Å². The average Bonchev–Trinajstić information content (AvgIpc) is 2.51. The standard InChI is InChI=1S/C17H22F3NO3/c1-3-13(16(24)21(2)10-4-5-15(22)23)11-12-6-8-14(9-7-12)17(18,19)20/h6-9,13H,3-5,10-11H2,1-2H3,(H,22,23). The Kier molecular flexibility index (Phi) is 7.25. The number of benzene rings is 1. The van der Waals surface area contributed by atoms with Gasteiger partial charge in [0.1, 0.15) is 0 Å². The van der Waals surface area contributed by atoms with E-state index in [-0.39, 0.29) is 18.2 Å². The van der Waals surface area contributed by atoms with Crippen LogP contribution in [0.4, 0.5) is 13.2 Å². The highest BCUT2D eigenvalue weighted by Gasteiger charge is 2.30. The second-order valence-corrected chi connectivity index (χ2v) is 5.76. The molecule has 1 unspecified atom stereocenters. The molecule has 7 heteroatoms. The minimum absolute atomic E-state index is 0.00663. The molecule has 1 amide bonds. The summed E-state index contributed by atoms with van der Waals surface area (Å²) in [4.78, 5) is 24.4. The van der Waals surface area contributed by atoms with Crippen LogP contribution in [0.2, 0.25) is 0 Å². The fourth-order valence-electron chi connectivity index (χ4n) is 2.41. The summed E-state index contributed by atoms with van der Waals surface area (Å²) in [5.74, 6) is -1.37. The molecule has 0 aromatic heterocycles. The zero-order valence-corrected chi connectivity index (χ0v) is 13.8. The maximum Gasteiger partial charge on any atom is 0.416 e. The van der Waals surface area contributed by atoms with Gasteiger partial charge >= 0.3 is 12.1 Å². The molecule has 1 rings (SSSR count). The summed E-state index contributed by atoms with van der Waals surface area (Å²) >= 11 is 0. The number of nitrogens with zero attached hydrogens (tertiary/aromatic N) is 1. The number of alkyl halides is 3. The molecule has 0 saturated heterocycles. The zero-order chi connectivity index (χ0) is 18.3. The molecule has 4 nitrogen and oxygen atoms in total. The van der Waals surface area contributed by atoms with Crippen LogP contribution in [0.5, 0.6) is 0 Å². The molecule has 0 saturated carbocycles. The monoisotopic (exact) mass is 345 g/mol. The molecule has 1 aromatic carbocycles. The normalized spacial score (nSPS) is 12.7. The number of carboxylic acids is 1. The molecule has 1 aromatic rings. The van der Waals surface area contributed by atoms with Crippen LogP contribution >= 0.6 is 0 Å². The number of hydrogen-bond donors (Lipinski definition) is 1. The number of amides is 1. The van der Waals surface area contributed by atoms with Crippen LogP contribution in [0, 0.1) is 5.92 Å². The van der Waals surface area contributed by atoms with Crippen molar-refractivity contribution in [1.29, 1.82) is 0 Å². The molecule has 0 fully saturated rings. The summed E-state index contributed by atoms with van der Waals surface area (Å²) in [7, 11) is 1.61. The highest BCUT2D eigenvalue weighted by Crippen LogP contribution is 2.29. The molecule has 0 aliphatic rings. The summed E-state index contributed by atoms with van der Waals surface area (Å²) in [5.41, 5.74) is -0.0430. The highest BCUT2D eigenvalue weighted by atomic mass is 19.4. The van der Waals surface area contributed by atoms with Crippen molar-refractivity contribution >= 4 is 11.9 Å². The Labute approximate surface area is 139 Å². The first-order valence-electron chi connectivity index (χ1n) is 7.78. The van der Waals surface area contributed by atoms with Gasteiger partial charge in [0.2, 0.25) is 5.91 Å². The smallest absolute Gasteiger partial charge is 0.416 e. The molecule has 0 bridgehead atoms. The van der Waals surface area contributed by atoms with Gasteiger partial charge in [0.15, 0.2) is 0 Å². The predicted molar refractivity (Wildman–Crippen MR) is 83.4 cm³/mol. The van der Waals surface area contributed by atoms with Gasteiger partial charge in [0, 0.05) is 25.9 Å². The Morgan fingerprint density at radius 3 is 2.25 bits per heavy atom. The number of aliphatic carboxylic acids is 1. The van der Waals surface area contributed by atoms with Gasteiger partial charge in [-0.15, -0.1) is 0 Å². The second-order valence-electron chi connectivity index (χ2n) is 5.76. The van der Waals surface area contributed by atoms with Gasteiger partial charge in [0.05, 0.1) is 5.56 Å². The van der Waals surface area contributed by atoms with Crippen LogP contribution < -0.4 is 0 Å². The molecule has 1 atom stereocenters. The van der Waals surface area contributed by atoms with Crippen LogP contribution in [-0.4, -0.2) is 35.5 Å². The maximum atomic E-state index is 12.6. The molecule has 1 N–H and O–H groups in total. The lowest BCUT2D eigenvalue weighted by atomic mass is 9.95. The Bertz CT molecular complexity index is 555. The van der Waals surface area contributed by atoms with E-state index in [9.17, 15) is 22.8 Å². The zero-order valence-electron chi connectivity index (χ0n) is 13.8. The van der Waals surface area contributed by atoms with E-state index in [0.29, 0.717) is 31.4 Å². The van der Waals surface area contributed by atoms with Crippen LogP contribution in [0.1, 0.15) is 37.3 Å². The van der Waals surface area contributed by atoms with E-state index >= 15 is 0 Å². The van der Waals surface area contributed by atoms with Crippen LogP contribution in [0.25, 0.3) is 0 Å². The minimum Gasteiger partial charge on any atom is -0.481 e. The lowest BCUT2D eigenvalue weighted by molar-refractivity contribution is -0.138. The van der Waals surface area contributed by atoms with Gasteiger partial charge in [-0.2, -0.15) is 13.2 Å². The van der Waals surface area contributed by atoms with Crippen molar-refractivity contribution in [3.8, 4) is 0 Å². The first kappa shape index (κ1) is 20.0. The van der Waals surface area contributed by atoms with Crippen LogP contribution in [0.15, 0.2) is 24.3 Å². The Morgan fingerprint density at radius 2 is 1.79 bits per heavy atom. The van der Waals surface area contributed by atoms with Gasteiger partial charge < -0.3 is 10.0 Å². The van der Waals surface area contributed by atoms with Gasteiger partial charge in [-0.1, -0.05) is 19.1 Å². The molecule has 24 heavy (non-hydrogen) atoms. The Balaban J connectivity index is 2.65. The Hall–Kier alpha value is -2.05. The number of halogens is 3. The van der Waals surface area contributed by atoms with E-state index in [1.54, 1.807) is 7.05 Å². The average molecular weight is 345 g/mol. The van der Waals surface area contributed by atoms with E-state index in [4.69, 9.17) is 5.11 Å². The summed E-state index contributed by atoms with van der Waals surface area (Å²) in [6.45, 7) is 2.19. The molecule has 0 aliphatic carbocycles. The van der Waals surface area contributed by atoms with Crippen molar-refractivity contribution in [3.05, 3.63) is 35.4 Å². The predicted octanol–water partition coefficient (Wildman–Crippen LogP) is 3.60. The van der Waals surface area contributed by atoms with Crippen molar-refractivity contribution in [3.63, 3.8) is 0 Å². The molecule has 0 aliphatic heterocycles. The summed E-state index contributed by atoms with van der Waals surface area (Å²) < 4.78 is 37.7. The number of carbonyl (C=O) groups is 2. The van der Waals surface area contributed by atoms with E-state index in [0.717, 1.165) is 12.1 Å². The summed E-state index contributed by atoms with van der Waals surface area (Å²) in [6.07, 6.45) is -3.09. The molecule has 0 spiro atoms. The van der Waals surface area contributed by atoms with Crippen molar-refractivity contribution in [1.82, 2.24) is 4.90 Å². The fourth-order valence-corrected chi connectivity index (χ4v) is 2.41. The number of rotatable bonds is 8. The van der Waals surface area contributed by atoms with Gasteiger partial charge in [0.25, 0.3) is 0 Å². The van der Waals surface area contributed by atoms with Gasteiger partial charge in [-0.05, 0) is 37.0 Å². The SMILES string of the molecule is CCC(Cc1ccc(C(F)(F)F)cc1)C(=O)N(C)CCCC(=O)O. The number of carboxylic acid groups (broad SMARTS) is 1. The third-order valence-electron chi connectivity index (χ3n) is 3.87. The third-order valence-corrected chi connectivity index (χ3v) is 3.87. The van der Waals surface area contributed by atoms with Crippen molar-refractivity contribution < 1.29 is 27.9 Å². The Morgan fingerprint density at radius 1 is 1.21 bits per heavy atom.